The normalized spacial score (nSPS) is 18.6. The van der Waals surface area contributed by atoms with Crippen LogP contribution in [0, 0.1) is 11.6 Å². The molecule has 1 aromatic carbocycles. The number of carbonyl (C=O) groups excluding carboxylic acids is 1. The van der Waals surface area contributed by atoms with Crippen molar-refractivity contribution in [2.75, 3.05) is 7.05 Å². The third kappa shape index (κ3) is 3.20. The van der Waals surface area contributed by atoms with Crippen molar-refractivity contribution >= 4 is 11.9 Å². The van der Waals surface area contributed by atoms with Gasteiger partial charge in [0.25, 0.3) is 12.3 Å². The Bertz CT molecular complexity index is 1200. The number of amides is 1. The van der Waals surface area contributed by atoms with Crippen molar-refractivity contribution < 1.29 is 22.4 Å². The molecule has 1 amide bonds. The molecule has 10 heteroatoms. The van der Waals surface area contributed by atoms with E-state index in [4.69, 9.17) is 5.73 Å². The van der Waals surface area contributed by atoms with Crippen LogP contribution in [0.3, 0.4) is 0 Å². The lowest BCUT2D eigenvalue weighted by Gasteiger charge is -2.27. The van der Waals surface area contributed by atoms with Crippen molar-refractivity contribution in [1.82, 2.24) is 14.9 Å². The average molecular weight is 429 g/mol. The molecule has 3 heterocycles. The summed E-state index contributed by atoms with van der Waals surface area (Å²) in [6.45, 7) is 0. The quantitative estimate of drug-likeness (QED) is 0.645. The van der Waals surface area contributed by atoms with E-state index in [2.05, 4.69) is 15.0 Å². The molecular formula is C21H15F4N5O. The van der Waals surface area contributed by atoms with Gasteiger partial charge in [-0.1, -0.05) is 6.07 Å². The standard InChI is InChI=1S/C21H15F4N5O/c1-30-19(31)21(29-20(30)26,11-5-7-28-16(10-11)18(24)25)12-8-13(17(23)14(22)9-12)15-4-2-3-6-27-15/h2-10,18H,1H3,(H2,26,29). The second-order valence-electron chi connectivity index (χ2n) is 6.85. The Morgan fingerprint density at radius 2 is 1.81 bits per heavy atom. The summed E-state index contributed by atoms with van der Waals surface area (Å²) in [5.41, 5.74) is 3.06. The number of likely N-dealkylation sites (N-methyl/N-ethyl adjacent to an activating group) is 1. The summed E-state index contributed by atoms with van der Waals surface area (Å²) in [6, 6.07) is 8.99. The summed E-state index contributed by atoms with van der Waals surface area (Å²) in [5, 5.41) is 0. The van der Waals surface area contributed by atoms with Crippen molar-refractivity contribution in [2.24, 2.45) is 10.7 Å². The Kier molecular flexibility index (Phi) is 4.92. The first-order chi connectivity index (χ1) is 14.8. The Hall–Kier alpha value is -3.82. The summed E-state index contributed by atoms with van der Waals surface area (Å²) in [5.74, 6) is -3.34. The molecule has 2 N–H and O–H groups in total. The van der Waals surface area contributed by atoms with E-state index in [1.165, 1.54) is 31.4 Å². The number of aromatic nitrogens is 2. The van der Waals surface area contributed by atoms with E-state index < -0.39 is 35.2 Å². The summed E-state index contributed by atoms with van der Waals surface area (Å²) in [7, 11) is 1.34. The summed E-state index contributed by atoms with van der Waals surface area (Å²) in [4.78, 5) is 26.1. The molecule has 1 aliphatic heterocycles. The zero-order chi connectivity index (χ0) is 22.3. The van der Waals surface area contributed by atoms with Gasteiger partial charge in [-0.15, -0.1) is 0 Å². The summed E-state index contributed by atoms with van der Waals surface area (Å²) in [6.07, 6.45) is -0.422. The van der Waals surface area contributed by atoms with E-state index in [1.54, 1.807) is 12.1 Å². The minimum atomic E-state index is -2.92. The fraction of sp³-hybridized carbons (Fsp3) is 0.143. The molecule has 2 aromatic heterocycles. The molecule has 158 valence electrons. The number of rotatable bonds is 4. The number of benzene rings is 1. The zero-order valence-electron chi connectivity index (χ0n) is 16.1. The molecule has 1 atom stereocenters. The van der Waals surface area contributed by atoms with Crippen LogP contribution in [0.2, 0.25) is 0 Å². The fourth-order valence-electron chi connectivity index (χ4n) is 3.48. The molecule has 0 saturated carbocycles. The monoisotopic (exact) mass is 429 g/mol. The lowest BCUT2D eigenvalue weighted by Crippen LogP contribution is -2.41. The third-order valence-electron chi connectivity index (χ3n) is 5.05. The van der Waals surface area contributed by atoms with Gasteiger partial charge in [0.15, 0.2) is 23.1 Å². The van der Waals surface area contributed by atoms with Crippen molar-refractivity contribution in [2.45, 2.75) is 12.0 Å². The highest BCUT2D eigenvalue weighted by Gasteiger charge is 2.50. The average Bonchev–Trinajstić information content (AvgIpc) is 3.01. The first kappa shape index (κ1) is 20.5. The lowest BCUT2D eigenvalue weighted by molar-refractivity contribution is -0.129. The minimum Gasteiger partial charge on any atom is -0.369 e. The number of guanidine groups is 1. The Morgan fingerprint density at radius 1 is 1.03 bits per heavy atom. The molecule has 0 saturated heterocycles. The molecule has 1 aliphatic rings. The van der Waals surface area contributed by atoms with Gasteiger partial charge in [-0.3, -0.25) is 19.7 Å². The van der Waals surface area contributed by atoms with Crippen molar-refractivity contribution in [3.8, 4) is 11.3 Å². The van der Waals surface area contributed by atoms with Crippen LogP contribution in [0.15, 0.2) is 59.9 Å². The molecule has 0 fully saturated rings. The maximum absolute atomic E-state index is 14.7. The van der Waals surface area contributed by atoms with Crippen LogP contribution in [-0.4, -0.2) is 33.8 Å². The van der Waals surface area contributed by atoms with Gasteiger partial charge in [-0.05, 0) is 47.5 Å². The molecule has 0 radical (unpaired) electrons. The number of nitrogens with zero attached hydrogens (tertiary/aromatic N) is 4. The van der Waals surface area contributed by atoms with E-state index in [0.717, 1.165) is 23.2 Å². The number of nitrogens with two attached hydrogens (primary N) is 1. The van der Waals surface area contributed by atoms with Gasteiger partial charge < -0.3 is 5.73 Å². The maximum Gasteiger partial charge on any atom is 0.280 e. The van der Waals surface area contributed by atoms with Gasteiger partial charge in [0.2, 0.25) is 0 Å². The fourth-order valence-corrected chi connectivity index (χ4v) is 3.48. The second-order valence-corrected chi connectivity index (χ2v) is 6.85. The summed E-state index contributed by atoms with van der Waals surface area (Å²) < 4.78 is 55.8. The van der Waals surface area contributed by atoms with Gasteiger partial charge in [0.05, 0.1) is 5.69 Å². The molecule has 6 nitrogen and oxygen atoms in total. The molecule has 0 aliphatic carbocycles. The molecule has 3 aromatic rings. The topological polar surface area (TPSA) is 84.5 Å². The molecular weight excluding hydrogens is 414 g/mol. The van der Waals surface area contributed by atoms with E-state index in [0.29, 0.717) is 0 Å². The SMILES string of the molecule is CN1C(=O)C(c2ccnc(C(F)F)c2)(c2cc(F)c(F)c(-c3ccccn3)c2)N=C1N. The van der Waals surface area contributed by atoms with Gasteiger partial charge in [-0.2, -0.15) is 0 Å². The molecule has 1 unspecified atom stereocenters. The van der Waals surface area contributed by atoms with Crippen LogP contribution in [0.25, 0.3) is 11.3 Å². The first-order valence-corrected chi connectivity index (χ1v) is 9.04. The maximum atomic E-state index is 14.7. The number of hydrogen-bond donors (Lipinski definition) is 1. The van der Waals surface area contributed by atoms with Crippen LogP contribution < -0.4 is 5.73 Å². The van der Waals surface area contributed by atoms with Crippen LogP contribution in [0.1, 0.15) is 23.2 Å². The highest BCUT2D eigenvalue weighted by Crippen LogP contribution is 2.42. The highest BCUT2D eigenvalue weighted by molar-refractivity contribution is 6.09. The van der Waals surface area contributed by atoms with E-state index >= 15 is 0 Å². The lowest BCUT2D eigenvalue weighted by atomic mass is 9.82. The van der Waals surface area contributed by atoms with Crippen LogP contribution in [0.4, 0.5) is 17.6 Å². The first-order valence-electron chi connectivity index (χ1n) is 9.04. The number of pyridine rings is 2. The predicted molar refractivity (Wildman–Crippen MR) is 104 cm³/mol. The van der Waals surface area contributed by atoms with Crippen LogP contribution in [0.5, 0.6) is 0 Å². The summed E-state index contributed by atoms with van der Waals surface area (Å²) >= 11 is 0. The number of halogens is 4. The number of hydrogen-bond acceptors (Lipinski definition) is 5. The minimum absolute atomic E-state index is 0.00641. The molecule has 0 bridgehead atoms. The number of aliphatic imine (C=N–C) groups is 1. The van der Waals surface area contributed by atoms with Gasteiger partial charge in [-0.25, -0.2) is 22.6 Å². The second kappa shape index (κ2) is 7.46. The van der Waals surface area contributed by atoms with Crippen molar-refractivity contribution in [1.29, 1.82) is 0 Å². The zero-order valence-corrected chi connectivity index (χ0v) is 16.1. The molecule has 0 spiro atoms. The van der Waals surface area contributed by atoms with Crippen LogP contribution in [-0.2, 0) is 10.3 Å². The molecule has 31 heavy (non-hydrogen) atoms. The van der Waals surface area contributed by atoms with Gasteiger partial charge in [0.1, 0.15) is 5.69 Å². The number of alkyl halides is 2. The highest BCUT2D eigenvalue weighted by atomic mass is 19.3. The van der Waals surface area contributed by atoms with Crippen molar-refractivity contribution in [3.63, 3.8) is 0 Å². The van der Waals surface area contributed by atoms with Crippen molar-refractivity contribution in [3.05, 3.63) is 83.3 Å². The largest absolute Gasteiger partial charge is 0.369 e. The van der Waals surface area contributed by atoms with E-state index in [-0.39, 0.29) is 28.3 Å². The Labute approximate surface area is 174 Å². The Balaban J connectivity index is 2.02. The van der Waals surface area contributed by atoms with Gasteiger partial charge >= 0.3 is 0 Å². The Morgan fingerprint density at radius 3 is 2.42 bits per heavy atom. The third-order valence-corrected chi connectivity index (χ3v) is 5.05. The van der Waals surface area contributed by atoms with E-state index in [9.17, 15) is 22.4 Å². The van der Waals surface area contributed by atoms with Crippen LogP contribution >= 0.6 is 0 Å². The number of carbonyl (C=O) groups is 1. The predicted octanol–water partition coefficient (Wildman–Crippen LogP) is 3.39. The van der Waals surface area contributed by atoms with E-state index in [1.807, 2.05) is 0 Å². The molecule has 4 rings (SSSR count). The van der Waals surface area contributed by atoms with Gasteiger partial charge in [0, 0.05) is 25.0 Å². The smallest absolute Gasteiger partial charge is 0.280 e.